The standard InChI is InChI=1S/C19H20N4O/c1-14-3-5-15(6-4-14)13-21-18-11-12-20-19(23-18)22-16-7-9-17(24-2)10-8-16/h3-12H,13H2,1-2H3,(H2,20,21,22,23). The molecule has 3 rings (SSSR count). The molecule has 0 saturated heterocycles. The molecule has 0 aliphatic carbocycles. The first kappa shape index (κ1) is 15.8. The van der Waals surface area contributed by atoms with Gasteiger partial charge in [-0.2, -0.15) is 4.98 Å². The summed E-state index contributed by atoms with van der Waals surface area (Å²) in [6.45, 7) is 2.80. The maximum Gasteiger partial charge on any atom is 0.229 e. The molecule has 5 nitrogen and oxygen atoms in total. The van der Waals surface area contributed by atoms with Crippen molar-refractivity contribution in [1.82, 2.24) is 9.97 Å². The Hall–Kier alpha value is -3.08. The highest BCUT2D eigenvalue weighted by atomic mass is 16.5. The fourth-order valence-corrected chi connectivity index (χ4v) is 2.22. The van der Waals surface area contributed by atoms with Crippen molar-refractivity contribution < 1.29 is 4.74 Å². The van der Waals surface area contributed by atoms with E-state index in [1.165, 1.54) is 11.1 Å². The zero-order valence-corrected chi connectivity index (χ0v) is 13.8. The summed E-state index contributed by atoms with van der Waals surface area (Å²) < 4.78 is 5.15. The average Bonchev–Trinajstić information content (AvgIpc) is 2.62. The van der Waals surface area contributed by atoms with Crippen molar-refractivity contribution in [2.24, 2.45) is 0 Å². The van der Waals surface area contributed by atoms with E-state index in [0.29, 0.717) is 5.95 Å². The zero-order chi connectivity index (χ0) is 16.8. The highest BCUT2D eigenvalue weighted by Crippen LogP contribution is 2.18. The topological polar surface area (TPSA) is 59.1 Å². The number of hydrogen-bond acceptors (Lipinski definition) is 5. The number of benzene rings is 2. The molecule has 2 aromatic carbocycles. The summed E-state index contributed by atoms with van der Waals surface area (Å²) in [7, 11) is 1.65. The van der Waals surface area contributed by atoms with Gasteiger partial charge in [0.05, 0.1) is 7.11 Å². The number of hydrogen-bond donors (Lipinski definition) is 2. The summed E-state index contributed by atoms with van der Waals surface area (Å²) in [4.78, 5) is 8.73. The molecular weight excluding hydrogens is 300 g/mol. The van der Waals surface area contributed by atoms with Crippen molar-refractivity contribution in [3.63, 3.8) is 0 Å². The van der Waals surface area contributed by atoms with Crippen LogP contribution in [0, 0.1) is 6.92 Å². The lowest BCUT2D eigenvalue weighted by molar-refractivity contribution is 0.415. The Balaban J connectivity index is 1.63. The molecule has 24 heavy (non-hydrogen) atoms. The normalized spacial score (nSPS) is 10.2. The summed E-state index contributed by atoms with van der Waals surface area (Å²) >= 11 is 0. The van der Waals surface area contributed by atoms with Crippen LogP contribution in [0.5, 0.6) is 5.75 Å². The third kappa shape index (κ3) is 4.23. The van der Waals surface area contributed by atoms with Crippen molar-refractivity contribution in [1.29, 1.82) is 0 Å². The molecule has 0 spiro atoms. The Morgan fingerprint density at radius 1 is 0.958 bits per heavy atom. The molecule has 0 amide bonds. The van der Waals surface area contributed by atoms with Gasteiger partial charge >= 0.3 is 0 Å². The molecule has 0 radical (unpaired) electrons. The average molecular weight is 320 g/mol. The van der Waals surface area contributed by atoms with Crippen LogP contribution in [-0.4, -0.2) is 17.1 Å². The number of aromatic nitrogens is 2. The number of methoxy groups -OCH3 is 1. The van der Waals surface area contributed by atoms with Gasteiger partial charge in [0.15, 0.2) is 0 Å². The van der Waals surface area contributed by atoms with E-state index in [0.717, 1.165) is 23.8 Å². The van der Waals surface area contributed by atoms with Crippen LogP contribution in [-0.2, 0) is 6.54 Å². The lowest BCUT2D eigenvalue weighted by Crippen LogP contribution is -2.04. The van der Waals surface area contributed by atoms with Gasteiger partial charge in [0.1, 0.15) is 11.6 Å². The fourth-order valence-electron chi connectivity index (χ4n) is 2.22. The second-order valence-corrected chi connectivity index (χ2v) is 5.46. The van der Waals surface area contributed by atoms with Crippen LogP contribution >= 0.6 is 0 Å². The molecule has 0 fully saturated rings. The molecule has 1 aromatic heterocycles. The van der Waals surface area contributed by atoms with Crippen LogP contribution in [0.25, 0.3) is 0 Å². The van der Waals surface area contributed by atoms with Crippen LogP contribution < -0.4 is 15.4 Å². The van der Waals surface area contributed by atoms with E-state index >= 15 is 0 Å². The minimum atomic E-state index is 0.550. The van der Waals surface area contributed by atoms with Gasteiger partial charge in [-0.25, -0.2) is 4.98 Å². The number of nitrogens with one attached hydrogen (secondary N) is 2. The molecule has 1 heterocycles. The van der Waals surface area contributed by atoms with Gasteiger partial charge < -0.3 is 15.4 Å². The van der Waals surface area contributed by atoms with E-state index in [2.05, 4.69) is 51.8 Å². The van der Waals surface area contributed by atoms with Gasteiger partial charge in [-0.15, -0.1) is 0 Å². The summed E-state index contributed by atoms with van der Waals surface area (Å²) in [5.74, 6) is 2.14. The second kappa shape index (κ2) is 7.46. The predicted molar refractivity (Wildman–Crippen MR) is 96.8 cm³/mol. The van der Waals surface area contributed by atoms with Crippen LogP contribution in [0.3, 0.4) is 0 Å². The van der Waals surface area contributed by atoms with Crippen molar-refractivity contribution in [2.75, 3.05) is 17.7 Å². The van der Waals surface area contributed by atoms with E-state index in [9.17, 15) is 0 Å². The van der Waals surface area contributed by atoms with Gasteiger partial charge in [-0.1, -0.05) is 29.8 Å². The first-order valence-electron chi connectivity index (χ1n) is 7.76. The Kier molecular flexibility index (Phi) is 4.91. The zero-order valence-electron chi connectivity index (χ0n) is 13.8. The van der Waals surface area contributed by atoms with Gasteiger partial charge in [-0.3, -0.25) is 0 Å². The monoisotopic (exact) mass is 320 g/mol. The molecule has 0 aliphatic rings. The smallest absolute Gasteiger partial charge is 0.229 e. The maximum absolute atomic E-state index is 5.15. The van der Waals surface area contributed by atoms with Crippen molar-refractivity contribution >= 4 is 17.5 Å². The Morgan fingerprint density at radius 3 is 2.42 bits per heavy atom. The first-order valence-corrected chi connectivity index (χ1v) is 7.76. The first-order chi connectivity index (χ1) is 11.7. The number of anilines is 3. The lowest BCUT2D eigenvalue weighted by Gasteiger charge is -2.09. The van der Waals surface area contributed by atoms with E-state index in [4.69, 9.17) is 4.74 Å². The van der Waals surface area contributed by atoms with Gasteiger partial charge in [-0.05, 0) is 42.8 Å². The maximum atomic E-state index is 5.15. The molecule has 0 saturated carbocycles. The van der Waals surface area contributed by atoms with E-state index in [1.807, 2.05) is 30.3 Å². The Morgan fingerprint density at radius 2 is 1.71 bits per heavy atom. The second-order valence-electron chi connectivity index (χ2n) is 5.46. The minimum Gasteiger partial charge on any atom is -0.497 e. The van der Waals surface area contributed by atoms with Crippen LogP contribution in [0.2, 0.25) is 0 Å². The number of aryl methyl sites for hydroxylation is 1. The summed E-state index contributed by atoms with van der Waals surface area (Å²) in [6, 6.07) is 17.9. The van der Waals surface area contributed by atoms with Crippen molar-refractivity contribution in [3.8, 4) is 5.75 Å². The molecule has 122 valence electrons. The van der Waals surface area contributed by atoms with Crippen LogP contribution in [0.4, 0.5) is 17.5 Å². The summed E-state index contributed by atoms with van der Waals surface area (Å²) in [5, 5.41) is 6.50. The number of rotatable bonds is 6. The molecule has 0 unspecified atom stereocenters. The third-order valence-electron chi connectivity index (χ3n) is 3.60. The van der Waals surface area contributed by atoms with Crippen molar-refractivity contribution in [2.45, 2.75) is 13.5 Å². The third-order valence-corrected chi connectivity index (χ3v) is 3.60. The molecule has 3 aromatic rings. The van der Waals surface area contributed by atoms with E-state index in [1.54, 1.807) is 13.3 Å². The SMILES string of the molecule is COc1ccc(Nc2nccc(NCc3ccc(C)cc3)n2)cc1. The molecule has 0 atom stereocenters. The number of nitrogens with zero attached hydrogens (tertiary/aromatic N) is 2. The van der Waals surface area contributed by atoms with Crippen LogP contribution in [0.15, 0.2) is 60.8 Å². The molecule has 0 aliphatic heterocycles. The molecular formula is C19H20N4O. The van der Waals surface area contributed by atoms with Gasteiger partial charge in [0, 0.05) is 18.4 Å². The fraction of sp³-hybridized carbons (Fsp3) is 0.158. The quantitative estimate of drug-likeness (QED) is 0.714. The van der Waals surface area contributed by atoms with Gasteiger partial charge in [0.25, 0.3) is 0 Å². The Bertz CT molecular complexity index is 785. The molecule has 2 N–H and O–H groups in total. The van der Waals surface area contributed by atoms with Crippen LogP contribution in [0.1, 0.15) is 11.1 Å². The van der Waals surface area contributed by atoms with Crippen molar-refractivity contribution in [3.05, 3.63) is 71.9 Å². The largest absolute Gasteiger partial charge is 0.497 e. The van der Waals surface area contributed by atoms with Gasteiger partial charge in [0.2, 0.25) is 5.95 Å². The summed E-state index contributed by atoms with van der Waals surface area (Å²) in [6.07, 6.45) is 1.73. The molecule has 0 bridgehead atoms. The number of ether oxygens (including phenoxy) is 1. The lowest BCUT2D eigenvalue weighted by atomic mass is 10.1. The highest BCUT2D eigenvalue weighted by Gasteiger charge is 2.01. The van der Waals surface area contributed by atoms with E-state index < -0.39 is 0 Å². The van der Waals surface area contributed by atoms with E-state index in [-0.39, 0.29) is 0 Å². The highest BCUT2D eigenvalue weighted by molar-refractivity contribution is 5.55. The summed E-state index contributed by atoms with van der Waals surface area (Å²) in [5.41, 5.74) is 3.38. The minimum absolute atomic E-state index is 0.550. The Labute approximate surface area is 141 Å². The molecule has 5 heteroatoms. The predicted octanol–water partition coefficient (Wildman–Crippen LogP) is 4.15.